The number of nitrogens with zero attached hydrogens (tertiary/aromatic N) is 2. The van der Waals surface area contributed by atoms with E-state index in [1.54, 1.807) is 6.20 Å². The summed E-state index contributed by atoms with van der Waals surface area (Å²) >= 11 is 3.65. The molecule has 0 bridgehead atoms. The van der Waals surface area contributed by atoms with Gasteiger partial charge in [-0.25, -0.2) is 0 Å². The third-order valence-corrected chi connectivity index (χ3v) is 5.39. The van der Waals surface area contributed by atoms with Crippen LogP contribution in [0.3, 0.4) is 0 Å². The van der Waals surface area contributed by atoms with E-state index in [1.165, 1.54) is 5.56 Å². The molecule has 2 aromatic heterocycles. The van der Waals surface area contributed by atoms with E-state index in [0.29, 0.717) is 5.39 Å². The molecule has 1 N–H and O–H groups in total. The quantitative estimate of drug-likeness (QED) is 0.744. The Hall–Kier alpha value is -1.66. The number of aryl methyl sites for hydroxylation is 1. The van der Waals surface area contributed by atoms with Crippen molar-refractivity contribution < 1.29 is 4.74 Å². The molecule has 0 amide bonds. The second-order valence-electron chi connectivity index (χ2n) is 5.99. The number of aromatic amines is 1. The number of halogens is 1. The number of hydrogen-bond donors (Lipinski definition) is 1. The number of fused-ring (bicyclic) bond motifs is 3. The van der Waals surface area contributed by atoms with Gasteiger partial charge in [-0.1, -0.05) is 22.9 Å². The molecule has 0 unspecified atom stereocenters. The number of H-pyrrole nitrogens is 1. The van der Waals surface area contributed by atoms with E-state index in [4.69, 9.17) is 4.74 Å². The van der Waals surface area contributed by atoms with Crippen molar-refractivity contribution in [1.29, 1.82) is 0 Å². The van der Waals surface area contributed by atoms with E-state index in [1.807, 2.05) is 4.68 Å². The van der Waals surface area contributed by atoms with Crippen molar-refractivity contribution in [2.24, 2.45) is 0 Å². The van der Waals surface area contributed by atoms with Crippen LogP contribution in [0.25, 0.3) is 21.8 Å². The third kappa shape index (κ3) is 2.40. The molecule has 4 rings (SSSR count). The number of hydrogen-bond acceptors (Lipinski definition) is 3. The molecule has 0 radical (unpaired) electrons. The fourth-order valence-corrected chi connectivity index (χ4v) is 4.01. The molecule has 120 valence electrons. The minimum absolute atomic E-state index is 0.0739. The van der Waals surface area contributed by atoms with Gasteiger partial charge in [-0.15, -0.1) is 0 Å². The molecule has 23 heavy (non-hydrogen) atoms. The van der Waals surface area contributed by atoms with Gasteiger partial charge in [-0.05, 0) is 37.0 Å². The second-order valence-corrected chi connectivity index (χ2v) is 6.85. The summed E-state index contributed by atoms with van der Waals surface area (Å²) in [5, 5.41) is 6.22. The largest absolute Gasteiger partial charge is 0.381 e. The van der Waals surface area contributed by atoms with Crippen LogP contribution in [0.5, 0.6) is 0 Å². The zero-order chi connectivity index (χ0) is 16.0. The van der Waals surface area contributed by atoms with Gasteiger partial charge in [0.15, 0.2) is 0 Å². The molecule has 3 heterocycles. The molecule has 1 fully saturated rings. The molecule has 1 aliphatic heterocycles. The van der Waals surface area contributed by atoms with Gasteiger partial charge in [0.05, 0.1) is 28.7 Å². The SMILES string of the molecule is CCc1cc2[nH]c(=O)c3cnn(C4CCOCC4)c3c2cc1Br. The van der Waals surface area contributed by atoms with Crippen LogP contribution in [0.1, 0.15) is 31.4 Å². The van der Waals surface area contributed by atoms with Crippen LogP contribution in [-0.2, 0) is 11.2 Å². The lowest BCUT2D eigenvalue weighted by Gasteiger charge is -2.23. The Bertz CT molecular complexity index is 938. The second kappa shape index (κ2) is 5.76. The van der Waals surface area contributed by atoms with E-state index in [2.05, 4.69) is 45.1 Å². The minimum atomic E-state index is -0.0739. The Morgan fingerprint density at radius 1 is 1.35 bits per heavy atom. The fraction of sp³-hybridized carbons (Fsp3) is 0.412. The van der Waals surface area contributed by atoms with Crippen LogP contribution in [0.4, 0.5) is 0 Å². The average Bonchev–Trinajstić information content (AvgIpc) is 3.02. The summed E-state index contributed by atoms with van der Waals surface area (Å²) in [6, 6.07) is 4.45. The van der Waals surface area contributed by atoms with E-state index in [0.717, 1.165) is 53.4 Å². The molecule has 0 atom stereocenters. The summed E-state index contributed by atoms with van der Waals surface area (Å²) in [5.74, 6) is 0. The van der Waals surface area contributed by atoms with Gasteiger partial charge in [-0.3, -0.25) is 9.48 Å². The molecule has 0 saturated carbocycles. The first-order chi connectivity index (χ1) is 11.2. The van der Waals surface area contributed by atoms with Gasteiger partial charge in [0, 0.05) is 23.1 Å². The summed E-state index contributed by atoms with van der Waals surface area (Å²) in [7, 11) is 0. The van der Waals surface area contributed by atoms with Crippen molar-refractivity contribution in [2.45, 2.75) is 32.2 Å². The molecule has 1 aromatic carbocycles. The molecule has 5 nitrogen and oxygen atoms in total. The van der Waals surface area contributed by atoms with Crippen molar-refractivity contribution >= 4 is 37.7 Å². The lowest BCUT2D eigenvalue weighted by molar-refractivity contribution is 0.0675. The van der Waals surface area contributed by atoms with Crippen LogP contribution >= 0.6 is 15.9 Å². The lowest BCUT2D eigenvalue weighted by Crippen LogP contribution is -2.20. The van der Waals surface area contributed by atoms with Crippen LogP contribution in [-0.4, -0.2) is 28.0 Å². The van der Waals surface area contributed by atoms with Crippen molar-refractivity contribution in [3.05, 3.63) is 38.7 Å². The fourth-order valence-electron chi connectivity index (χ4n) is 3.38. The molecule has 0 aliphatic carbocycles. The average molecular weight is 376 g/mol. The summed E-state index contributed by atoms with van der Waals surface area (Å²) in [6.07, 6.45) is 4.46. The predicted molar refractivity (Wildman–Crippen MR) is 94.0 cm³/mol. The Morgan fingerprint density at radius 2 is 2.13 bits per heavy atom. The van der Waals surface area contributed by atoms with E-state index in [9.17, 15) is 4.79 Å². The first-order valence-electron chi connectivity index (χ1n) is 7.98. The van der Waals surface area contributed by atoms with Gasteiger partial charge in [0.25, 0.3) is 5.56 Å². The summed E-state index contributed by atoms with van der Waals surface area (Å²) < 4.78 is 8.55. The van der Waals surface area contributed by atoms with Crippen molar-refractivity contribution in [3.63, 3.8) is 0 Å². The molecule has 0 spiro atoms. The van der Waals surface area contributed by atoms with Crippen LogP contribution < -0.4 is 5.56 Å². The van der Waals surface area contributed by atoms with Gasteiger partial charge in [0.2, 0.25) is 0 Å². The number of benzene rings is 1. The highest BCUT2D eigenvalue weighted by molar-refractivity contribution is 9.10. The molecule has 1 saturated heterocycles. The molecular formula is C17H18BrN3O2. The van der Waals surface area contributed by atoms with Crippen LogP contribution in [0, 0.1) is 0 Å². The molecule has 6 heteroatoms. The van der Waals surface area contributed by atoms with E-state index in [-0.39, 0.29) is 11.6 Å². The summed E-state index contributed by atoms with van der Waals surface area (Å²) in [5.41, 5.74) is 2.91. The molecule has 1 aliphatic rings. The maximum atomic E-state index is 12.4. The smallest absolute Gasteiger partial charge is 0.259 e. The van der Waals surface area contributed by atoms with Gasteiger partial charge in [0.1, 0.15) is 0 Å². The van der Waals surface area contributed by atoms with Crippen LogP contribution in [0.15, 0.2) is 27.6 Å². The topological polar surface area (TPSA) is 59.9 Å². The highest BCUT2D eigenvalue weighted by Crippen LogP contribution is 2.31. The first kappa shape index (κ1) is 14.9. The summed E-state index contributed by atoms with van der Waals surface area (Å²) in [6.45, 7) is 3.60. The van der Waals surface area contributed by atoms with Gasteiger partial charge < -0.3 is 9.72 Å². The third-order valence-electron chi connectivity index (χ3n) is 4.65. The van der Waals surface area contributed by atoms with Crippen molar-refractivity contribution in [2.75, 3.05) is 13.2 Å². The number of rotatable bonds is 2. The Balaban J connectivity index is 2.04. The summed E-state index contributed by atoms with van der Waals surface area (Å²) in [4.78, 5) is 15.4. The first-order valence-corrected chi connectivity index (χ1v) is 8.77. The van der Waals surface area contributed by atoms with Crippen molar-refractivity contribution in [3.8, 4) is 0 Å². The Morgan fingerprint density at radius 3 is 2.87 bits per heavy atom. The molecule has 3 aromatic rings. The highest BCUT2D eigenvalue weighted by atomic mass is 79.9. The predicted octanol–water partition coefficient (Wildman–Crippen LogP) is 3.55. The van der Waals surface area contributed by atoms with E-state index < -0.39 is 0 Å². The van der Waals surface area contributed by atoms with E-state index >= 15 is 0 Å². The normalized spacial score (nSPS) is 16.4. The highest BCUT2D eigenvalue weighted by Gasteiger charge is 2.21. The monoisotopic (exact) mass is 375 g/mol. The maximum Gasteiger partial charge on any atom is 0.259 e. The number of nitrogens with one attached hydrogen (secondary N) is 1. The number of aromatic nitrogens is 3. The number of pyridine rings is 1. The van der Waals surface area contributed by atoms with Gasteiger partial charge >= 0.3 is 0 Å². The zero-order valence-corrected chi connectivity index (χ0v) is 14.5. The lowest BCUT2D eigenvalue weighted by atomic mass is 10.1. The van der Waals surface area contributed by atoms with Crippen molar-refractivity contribution in [1.82, 2.24) is 14.8 Å². The van der Waals surface area contributed by atoms with Crippen LogP contribution in [0.2, 0.25) is 0 Å². The zero-order valence-electron chi connectivity index (χ0n) is 12.9. The Kier molecular flexibility index (Phi) is 3.73. The minimum Gasteiger partial charge on any atom is -0.381 e. The molecular weight excluding hydrogens is 358 g/mol. The van der Waals surface area contributed by atoms with Gasteiger partial charge in [-0.2, -0.15) is 5.10 Å². The number of ether oxygens (including phenoxy) is 1. The standard InChI is InChI=1S/C17H18BrN3O2/c1-2-10-7-15-12(8-14(10)18)16-13(17(22)20-15)9-19-21(16)11-3-5-23-6-4-11/h7-9,11H,2-6H2,1H3,(H,20,22). The maximum absolute atomic E-state index is 12.4. The Labute approximate surface area is 141 Å².